The summed E-state index contributed by atoms with van der Waals surface area (Å²) in [4.78, 5) is 31.4. The Morgan fingerprint density at radius 1 is 1.30 bits per heavy atom. The van der Waals surface area contributed by atoms with Gasteiger partial charge in [-0.3, -0.25) is 9.36 Å². The minimum atomic E-state index is -0.809. The standard InChI is InChI=1S/C23H17BrCl2N2O4S/c1-3-32-22(31)18-11(2)27-23-28(19(18)14-6-4-5-7-15(14)25)21(30)17(33-23)9-12-8-13(24)10-16(26)20(12)29/h4-10,19,29H,3H2,1-2H3/t19-/m0/s1. The second-order valence-corrected chi connectivity index (χ2v) is 9.89. The summed E-state index contributed by atoms with van der Waals surface area (Å²) in [6.07, 6.45) is 1.54. The molecule has 0 amide bonds. The number of hydrogen-bond donors (Lipinski definition) is 1. The third kappa shape index (κ3) is 4.40. The van der Waals surface area contributed by atoms with Crippen LogP contribution in [0.4, 0.5) is 0 Å². The zero-order valence-corrected chi connectivity index (χ0v) is 21.3. The molecule has 0 aliphatic carbocycles. The van der Waals surface area contributed by atoms with Gasteiger partial charge in [0.15, 0.2) is 4.80 Å². The van der Waals surface area contributed by atoms with Crippen LogP contribution in [-0.4, -0.2) is 22.2 Å². The summed E-state index contributed by atoms with van der Waals surface area (Å²) in [5, 5.41) is 10.9. The minimum absolute atomic E-state index is 0.142. The van der Waals surface area contributed by atoms with E-state index in [1.54, 1.807) is 56.3 Å². The van der Waals surface area contributed by atoms with E-state index >= 15 is 0 Å². The van der Waals surface area contributed by atoms with Crippen molar-refractivity contribution in [3.8, 4) is 5.75 Å². The predicted octanol–water partition coefficient (Wildman–Crippen LogP) is 4.57. The SMILES string of the molecule is CCOC(=O)C1=C(C)N=c2sc(=Cc3cc(Br)cc(Cl)c3O)c(=O)n2[C@H]1c1ccccc1Cl. The molecule has 1 atom stereocenters. The number of aromatic nitrogens is 1. The lowest BCUT2D eigenvalue weighted by Crippen LogP contribution is -2.40. The summed E-state index contributed by atoms with van der Waals surface area (Å²) in [5.74, 6) is -0.703. The Morgan fingerprint density at radius 3 is 2.73 bits per heavy atom. The quantitative estimate of drug-likeness (QED) is 0.468. The smallest absolute Gasteiger partial charge is 0.338 e. The van der Waals surface area contributed by atoms with Gasteiger partial charge in [0.05, 0.1) is 27.4 Å². The molecule has 1 aliphatic heterocycles. The Morgan fingerprint density at radius 2 is 2.03 bits per heavy atom. The highest BCUT2D eigenvalue weighted by molar-refractivity contribution is 9.10. The van der Waals surface area contributed by atoms with Crippen molar-refractivity contribution in [2.24, 2.45) is 4.99 Å². The van der Waals surface area contributed by atoms with Crippen molar-refractivity contribution in [1.29, 1.82) is 0 Å². The number of carbonyl (C=O) groups is 1. The fourth-order valence-corrected chi connectivity index (χ4v) is 5.73. The molecular formula is C23H17BrCl2N2O4S. The van der Waals surface area contributed by atoms with E-state index in [-0.39, 0.29) is 28.5 Å². The van der Waals surface area contributed by atoms with Crippen LogP contribution in [0.2, 0.25) is 10.0 Å². The number of ether oxygens (including phenoxy) is 1. The zero-order valence-electron chi connectivity index (χ0n) is 17.4. The fraction of sp³-hybridized carbons (Fsp3) is 0.174. The average Bonchev–Trinajstić information content (AvgIpc) is 3.06. The van der Waals surface area contributed by atoms with E-state index in [0.717, 1.165) is 11.3 Å². The van der Waals surface area contributed by atoms with Gasteiger partial charge in [-0.1, -0.05) is 68.7 Å². The van der Waals surface area contributed by atoms with Gasteiger partial charge < -0.3 is 9.84 Å². The van der Waals surface area contributed by atoms with Crippen molar-refractivity contribution in [3.63, 3.8) is 0 Å². The Labute approximate surface area is 211 Å². The van der Waals surface area contributed by atoms with Crippen LogP contribution in [-0.2, 0) is 9.53 Å². The molecule has 2 heterocycles. The first kappa shape index (κ1) is 23.8. The van der Waals surface area contributed by atoms with E-state index in [4.69, 9.17) is 27.9 Å². The van der Waals surface area contributed by atoms with Gasteiger partial charge in [-0.05, 0) is 43.7 Å². The molecule has 0 unspecified atom stereocenters. The monoisotopic (exact) mass is 566 g/mol. The van der Waals surface area contributed by atoms with E-state index in [0.29, 0.717) is 35.7 Å². The number of benzene rings is 2. The second kappa shape index (κ2) is 9.46. The molecule has 1 aliphatic rings. The summed E-state index contributed by atoms with van der Waals surface area (Å²) in [6.45, 7) is 3.59. The lowest BCUT2D eigenvalue weighted by molar-refractivity contribution is -0.139. The fourth-order valence-electron chi connectivity index (χ4n) is 3.62. The number of phenolic OH excluding ortho intramolecular Hbond substituents is 1. The number of rotatable bonds is 4. The van der Waals surface area contributed by atoms with Crippen molar-refractivity contribution in [2.45, 2.75) is 19.9 Å². The molecule has 6 nitrogen and oxygen atoms in total. The number of halogens is 3. The molecule has 0 saturated carbocycles. The molecule has 0 spiro atoms. The number of fused-ring (bicyclic) bond motifs is 1. The lowest BCUT2D eigenvalue weighted by atomic mass is 9.96. The van der Waals surface area contributed by atoms with Gasteiger partial charge in [0.2, 0.25) is 0 Å². The molecular weight excluding hydrogens is 551 g/mol. The third-order valence-electron chi connectivity index (χ3n) is 5.06. The Bertz CT molecular complexity index is 1490. The van der Waals surface area contributed by atoms with Crippen molar-refractivity contribution < 1.29 is 14.6 Å². The van der Waals surface area contributed by atoms with Crippen LogP contribution < -0.4 is 14.9 Å². The number of aromatic hydroxyl groups is 1. The predicted molar refractivity (Wildman–Crippen MR) is 133 cm³/mol. The molecule has 3 aromatic rings. The molecule has 1 N–H and O–H groups in total. The van der Waals surface area contributed by atoms with E-state index in [2.05, 4.69) is 20.9 Å². The second-order valence-electron chi connectivity index (χ2n) is 7.15. The first-order valence-corrected chi connectivity index (χ1v) is 12.2. The van der Waals surface area contributed by atoms with Crippen LogP contribution in [0, 0.1) is 0 Å². The van der Waals surface area contributed by atoms with E-state index in [9.17, 15) is 14.7 Å². The van der Waals surface area contributed by atoms with Crippen molar-refractivity contribution in [3.05, 3.63) is 93.0 Å². The molecule has 0 bridgehead atoms. The van der Waals surface area contributed by atoms with Crippen molar-refractivity contribution >= 4 is 62.5 Å². The van der Waals surface area contributed by atoms with E-state index < -0.39 is 12.0 Å². The molecule has 170 valence electrons. The van der Waals surface area contributed by atoms with Gasteiger partial charge in [-0.25, -0.2) is 9.79 Å². The molecule has 0 saturated heterocycles. The third-order valence-corrected chi connectivity index (χ3v) is 7.13. The number of nitrogens with zero attached hydrogens (tertiary/aromatic N) is 2. The van der Waals surface area contributed by atoms with Crippen LogP contribution in [0.5, 0.6) is 5.75 Å². The number of thiazole rings is 1. The van der Waals surface area contributed by atoms with Crippen LogP contribution >= 0.6 is 50.5 Å². The molecule has 0 fully saturated rings. The molecule has 2 aromatic carbocycles. The Hall–Kier alpha value is -2.39. The Balaban J connectivity index is 2.01. The van der Waals surface area contributed by atoms with Gasteiger partial charge in [0, 0.05) is 15.1 Å². The number of phenols is 1. The molecule has 33 heavy (non-hydrogen) atoms. The zero-order chi connectivity index (χ0) is 23.9. The Kier molecular flexibility index (Phi) is 6.81. The number of allylic oxidation sites excluding steroid dienone is 1. The summed E-state index contributed by atoms with van der Waals surface area (Å²) in [7, 11) is 0. The highest BCUT2D eigenvalue weighted by Gasteiger charge is 2.34. The van der Waals surface area contributed by atoms with Crippen molar-refractivity contribution in [2.75, 3.05) is 6.61 Å². The van der Waals surface area contributed by atoms with Crippen LogP contribution in [0.3, 0.4) is 0 Å². The summed E-state index contributed by atoms with van der Waals surface area (Å²) < 4.78 is 7.67. The van der Waals surface area contributed by atoms with Gasteiger partial charge in [0.1, 0.15) is 11.8 Å². The van der Waals surface area contributed by atoms with Crippen LogP contribution in [0.25, 0.3) is 6.08 Å². The highest BCUT2D eigenvalue weighted by Crippen LogP contribution is 2.35. The number of carbonyl (C=O) groups excluding carboxylic acids is 1. The summed E-state index contributed by atoms with van der Waals surface area (Å²) in [5.41, 5.74) is 1.26. The number of esters is 1. The van der Waals surface area contributed by atoms with Gasteiger partial charge >= 0.3 is 5.97 Å². The minimum Gasteiger partial charge on any atom is -0.506 e. The molecule has 10 heteroatoms. The average molecular weight is 568 g/mol. The maximum Gasteiger partial charge on any atom is 0.338 e. The first-order chi connectivity index (χ1) is 15.7. The molecule has 1 aromatic heterocycles. The van der Waals surface area contributed by atoms with E-state index in [1.807, 2.05) is 0 Å². The van der Waals surface area contributed by atoms with Gasteiger partial charge in [0.25, 0.3) is 5.56 Å². The molecule has 0 radical (unpaired) electrons. The highest BCUT2D eigenvalue weighted by atomic mass is 79.9. The van der Waals surface area contributed by atoms with E-state index in [1.165, 1.54) is 4.57 Å². The van der Waals surface area contributed by atoms with Crippen LogP contribution in [0.15, 0.2) is 61.9 Å². The molecule has 4 rings (SSSR count). The number of hydrogen-bond acceptors (Lipinski definition) is 6. The van der Waals surface area contributed by atoms with Crippen LogP contribution in [0.1, 0.15) is 31.0 Å². The van der Waals surface area contributed by atoms with Crippen molar-refractivity contribution in [1.82, 2.24) is 4.57 Å². The maximum absolute atomic E-state index is 13.6. The summed E-state index contributed by atoms with van der Waals surface area (Å²) >= 11 is 17.0. The topological polar surface area (TPSA) is 80.9 Å². The largest absolute Gasteiger partial charge is 0.506 e. The lowest BCUT2D eigenvalue weighted by Gasteiger charge is -2.25. The summed E-state index contributed by atoms with van der Waals surface area (Å²) in [6, 6.07) is 9.43. The maximum atomic E-state index is 13.6. The first-order valence-electron chi connectivity index (χ1n) is 9.85. The normalized spacial score (nSPS) is 15.9. The van der Waals surface area contributed by atoms with Gasteiger partial charge in [-0.2, -0.15) is 0 Å². The van der Waals surface area contributed by atoms with Gasteiger partial charge in [-0.15, -0.1) is 0 Å².